The highest BCUT2D eigenvalue weighted by Crippen LogP contribution is 2.20. The average Bonchev–Trinajstić information content (AvgIpc) is 2.39. The van der Waals surface area contributed by atoms with E-state index in [0.717, 1.165) is 5.56 Å². The summed E-state index contributed by atoms with van der Waals surface area (Å²) in [7, 11) is 0. The highest BCUT2D eigenvalue weighted by molar-refractivity contribution is 5.58. The molecule has 2 aromatic rings. The van der Waals surface area contributed by atoms with Gasteiger partial charge < -0.3 is 10.7 Å². The third-order valence-corrected chi connectivity index (χ3v) is 3.09. The molecular formula is C14H17N3O. The fraction of sp³-hybridized carbons (Fsp3) is 0.286. The number of hydrogen-bond acceptors (Lipinski definition) is 3. The molecule has 0 radical (unpaired) electrons. The van der Waals surface area contributed by atoms with Crippen molar-refractivity contribution in [3.8, 4) is 11.3 Å². The summed E-state index contributed by atoms with van der Waals surface area (Å²) in [5.74, 6) is 0.524. The average molecular weight is 243 g/mol. The molecule has 1 atom stereocenters. The molecule has 1 aromatic heterocycles. The van der Waals surface area contributed by atoms with Crippen LogP contribution in [0.5, 0.6) is 0 Å². The van der Waals surface area contributed by atoms with Crippen molar-refractivity contribution in [2.24, 2.45) is 5.73 Å². The molecular weight excluding hydrogens is 226 g/mol. The van der Waals surface area contributed by atoms with Crippen LogP contribution in [0.15, 0.2) is 41.2 Å². The van der Waals surface area contributed by atoms with Gasteiger partial charge in [0, 0.05) is 11.6 Å². The summed E-state index contributed by atoms with van der Waals surface area (Å²) in [4.78, 5) is 18.9. The monoisotopic (exact) mass is 243 g/mol. The van der Waals surface area contributed by atoms with Crippen LogP contribution >= 0.6 is 0 Å². The molecule has 0 aliphatic heterocycles. The third kappa shape index (κ3) is 2.49. The van der Waals surface area contributed by atoms with Crippen molar-refractivity contribution in [1.29, 1.82) is 0 Å². The summed E-state index contributed by atoms with van der Waals surface area (Å²) in [5, 5.41) is 0. The Morgan fingerprint density at radius 1 is 1.33 bits per heavy atom. The normalized spacial score (nSPS) is 14.2. The lowest BCUT2D eigenvalue weighted by molar-refractivity contribution is 0.444. The van der Waals surface area contributed by atoms with Crippen LogP contribution in [-0.4, -0.2) is 9.97 Å². The number of nitrogens with two attached hydrogens (primary N) is 1. The first-order chi connectivity index (χ1) is 8.53. The first kappa shape index (κ1) is 12.5. The van der Waals surface area contributed by atoms with Crippen LogP contribution in [0.25, 0.3) is 11.3 Å². The molecule has 0 saturated carbocycles. The smallest absolute Gasteiger partial charge is 0.251 e. The highest BCUT2D eigenvalue weighted by atomic mass is 16.1. The molecule has 3 N–H and O–H groups in total. The Morgan fingerprint density at radius 3 is 2.61 bits per heavy atom. The minimum atomic E-state index is -0.621. The number of rotatable bonds is 3. The maximum Gasteiger partial charge on any atom is 0.251 e. The summed E-state index contributed by atoms with van der Waals surface area (Å²) in [6.45, 7) is 3.83. The Labute approximate surface area is 106 Å². The molecule has 0 aliphatic rings. The first-order valence-electron chi connectivity index (χ1n) is 5.99. The fourth-order valence-corrected chi connectivity index (χ4v) is 1.65. The molecule has 18 heavy (non-hydrogen) atoms. The lowest BCUT2D eigenvalue weighted by Crippen LogP contribution is -2.36. The summed E-state index contributed by atoms with van der Waals surface area (Å²) >= 11 is 0. The topological polar surface area (TPSA) is 71.8 Å². The summed E-state index contributed by atoms with van der Waals surface area (Å²) in [5.41, 5.74) is 6.89. The SMILES string of the molecule is CCC(C)(N)c1nc(-c2ccccc2)cc(=O)[nH]1. The van der Waals surface area contributed by atoms with Crippen molar-refractivity contribution in [3.05, 3.63) is 52.6 Å². The second-order valence-electron chi connectivity index (χ2n) is 4.62. The van der Waals surface area contributed by atoms with Crippen LogP contribution < -0.4 is 11.3 Å². The number of aromatic amines is 1. The van der Waals surface area contributed by atoms with Crippen molar-refractivity contribution in [1.82, 2.24) is 9.97 Å². The lowest BCUT2D eigenvalue weighted by Gasteiger charge is -2.21. The van der Waals surface area contributed by atoms with E-state index in [9.17, 15) is 4.79 Å². The summed E-state index contributed by atoms with van der Waals surface area (Å²) in [6, 6.07) is 11.1. The first-order valence-corrected chi connectivity index (χ1v) is 5.99. The van der Waals surface area contributed by atoms with Crippen LogP contribution in [0.1, 0.15) is 26.1 Å². The predicted molar refractivity (Wildman–Crippen MR) is 72.1 cm³/mol. The number of nitrogens with zero attached hydrogens (tertiary/aromatic N) is 1. The van der Waals surface area contributed by atoms with Gasteiger partial charge in [-0.25, -0.2) is 4.98 Å². The fourth-order valence-electron chi connectivity index (χ4n) is 1.65. The van der Waals surface area contributed by atoms with Gasteiger partial charge in [-0.2, -0.15) is 0 Å². The van der Waals surface area contributed by atoms with Crippen LogP contribution in [0.4, 0.5) is 0 Å². The molecule has 0 aliphatic carbocycles. The second kappa shape index (κ2) is 4.74. The van der Waals surface area contributed by atoms with Crippen molar-refractivity contribution in [2.75, 3.05) is 0 Å². The van der Waals surface area contributed by atoms with Gasteiger partial charge in [0.1, 0.15) is 5.82 Å². The number of hydrogen-bond donors (Lipinski definition) is 2. The largest absolute Gasteiger partial charge is 0.319 e. The van der Waals surface area contributed by atoms with Crippen molar-refractivity contribution < 1.29 is 0 Å². The zero-order valence-electron chi connectivity index (χ0n) is 10.6. The van der Waals surface area contributed by atoms with E-state index < -0.39 is 5.54 Å². The minimum Gasteiger partial charge on any atom is -0.319 e. The lowest BCUT2D eigenvalue weighted by atomic mass is 9.99. The van der Waals surface area contributed by atoms with E-state index in [1.54, 1.807) is 0 Å². The van der Waals surface area contributed by atoms with E-state index in [-0.39, 0.29) is 5.56 Å². The third-order valence-electron chi connectivity index (χ3n) is 3.09. The maximum absolute atomic E-state index is 11.7. The van der Waals surface area contributed by atoms with Crippen LogP contribution in [-0.2, 0) is 5.54 Å². The van der Waals surface area contributed by atoms with Gasteiger partial charge in [-0.05, 0) is 13.3 Å². The van der Waals surface area contributed by atoms with Gasteiger partial charge in [0.2, 0.25) is 0 Å². The number of benzene rings is 1. The molecule has 0 amide bonds. The molecule has 0 saturated heterocycles. The maximum atomic E-state index is 11.7. The van der Waals surface area contributed by atoms with E-state index in [4.69, 9.17) is 5.73 Å². The Balaban J connectivity index is 2.55. The zero-order chi connectivity index (χ0) is 13.2. The van der Waals surface area contributed by atoms with Crippen LogP contribution in [0.2, 0.25) is 0 Å². The molecule has 4 nitrogen and oxygen atoms in total. The number of nitrogens with one attached hydrogen (secondary N) is 1. The van der Waals surface area contributed by atoms with E-state index in [1.165, 1.54) is 6.07 Å². The van der Waals surface area contributed by atoms with Gasteiger partial charge in [0.25, 0.3) is 5.56 Å². The number of aromatic nitrogens is 2. The Hall–Kier alpha value is -1.94. The second-order valence-corrected chi connectivity index (χ2v) is 4.62. The van der Waals surface area contributed by atoms with Crippen molar-refractivity contribution in [3.63, 3.8) is 0 Å². The Kier molecular flexibility index (Phi) is 3.30. The molecule has 0 fully saturated rings. The van der Waals surface area contributed by atoms with Gasteiger partial charge in [0.15, 0.2) is 0 Å². The molecule has 0 spiro atoms. The van der Waals surface area contributed by atoms with Crippen molar-refractivity contribution >= 4 is 0 Å². The van der Waals surface area contributed by atoms with Gasteiger partial charge in [-0.3, -0.25) is 4.79 Å². The van der Waals surface area contributed by atoms with Gasteiger partial charge in [-0.1, -0.05) is 37.3 Å². The van der Waals surface area contributed by atoms with E-state index in [1.807, 2.05) is 44.2 Å². The van der Waals surface area contributed by atoms with Gasteiger partial charge >= 0.3 is 0 Å². The minimum absolute atomic E-state index is 0.177. The standard InChI is InChI=1S/C14H17N3O/c1-3-14(2,15)13-16-11(9-12(18)17-13)10-7-5-4-6-8-10/h4-9H,3,15H2,1-2H3,(H,16,17,18). The molecule has 1 unspecified atom stereocenters. The zero-order valence-corrected chi connectivity index (χ0v) is 10.6. The summed E-state index contributed by atoms with van der Waals surface area (Å²) in [6.07, 6.45) is 0.703. The molecule has 1 heterocycles. The van der Waals surface area contributed by atoms with Crippen molar-refractivity contribution in [2.45, 2.75) is 25.8 Å². The van der Waals surface area contributed by atoms with E-state index in [2.05, 4.69) is 9.97 Å². The molecule has 4 heteroatoms. The highest BCUT2D eigenvalue weighted by Gasteiger charge is 2.22. The molecule has 94 valence electrons. The molecule has 1 aromatic carbocycles. The Bertz CT molecular complexity index is 587. The summed E-state index contributed by atoms with van der Waals surface area (Å²) < 4.78 is 0. The van der Waals surface area contributed by atoms with E-state index in [0.29, 0.717) is 17.9 Å². The Morgan fingerprint density at radius 2 is 2.00 bits per heavy atom. The predicted octanol–water partition coefficient (Wildman–Crippen LogP) is 2.02. The van der Waals surface area contributed by atoms with Crippen LogP contribution in [0.3, 0.4) is 0 Å². The molecule has 0 bridgehead atoms. The van der Waals surface area contributed by atoms with E-state index >= 15 is 0 Å². The quantitative estimate of drug-likeness (QED) is 0.866. The number of H-pyrrole nitrogens is 1. The van der Waals surface area contributed by atoms with Crippen LogP contribution in [0, 0.1) is 0 Å². The molecule has 2 rings (SSSR count). The van der Waals surface area contributed by atoms with Gasteiger partial charge in [-0.15, -0.1) is 0 Å². The van der Waals surface area contributed by atoms with Gasteiger partial charge in [0.05, 0.1) is 11.2 Å².